The van der Waals surface area contributed by atoms with E-state index >= 15 is 0 Å². The lowest BCUT2D eigenvalue weighted by Gasteiger charge is -2.13. The molecule has 0 spiro atoms. The van der Waals surface area contributed by atoms with Crippen molar-refractivity contribution in [1.29, 1.82) is 0 Å². The predicted molar refractivity (Wildman–Crippen MR) is 92.3 cm³/mol. The SMILES string of the molecule is Cc1ccc(S(=O)(=O)n2c(NC3CC3)cc3ccccc32)cc1. The van der Waals surface area contributed by atoms with Crippen LogP contribution in [0.4, 0.5) is 5.82 Å². The van der Waals surface area contributed by atoms with Gasteiger partial charge in [0.05, 0.1) is 10.4 Å². The van der Waals surface area contributed by atoms with E-state index in [-0.39, 0.29) is 0 Å². The molecule has 1 aliphatic carbocycles. The molecular formula is C18H18N2O2S. The number of aromatic nitrogens is 1. The van der Waals surface area contributed by atoms with E-state index in [0.717, 1.165) is 23.8 Å². The van der Waals surface area contributed by atoms with Gasteiger partial charge in [-0.05, 0) is 44.0 Å². The van der Waals surface area contributed by atoms with Crippen molar-refractivity contribution in [2.45, 2.75) is 30.7 Å². The van der Waals surface area contributed by atoms with E-state index in [2.05, 4.69) is 5.32 Å². The third kappa shape index (κ3) is 2.51. The molecule has 1 heterocycles. The Balaban J connectivity index is 1.93. The molecule has 0 bridgehead atoms. The van der Waals surface area contributed by atoms with Crippen molar-refractivity contribution in [3.63, 3.8) is 0 Å². The molecule has 1 saturated carbocycles. The summed E-state index contributed by atoms with van der Waals surface area (Å²) in [6.07, 6.45) is 2.18. The molecule has 0 saturated heterocycles. The van der Waals surface area contributed by atoms with Gasteiger partial charge in [0.2, 0.25) is 0 Å². The number of hydrogen-bond donors (Lipinski definition) is 1. The first-order valence-corrected chi connectivity index (χ1v) is 9.19. The second-order valence-corrected chi connectivity index (χ2v) is 7.88. The molecule has 1 aliphatic rings. The molecule has 3 aromatic rings. The maximum absolute atomic E-state index is 13.2. The van der Waals surface area contributed by atoms with Crippen LogP contribution in [0.3, 0.4) is 0 Å². The summed E-state index contributed by atoms with van der Waals surface area (Å²) in [6.45, 7) is 1.95. The van der Waals surface area contributed by atoms with Crippen molar-refractivity contribution in [2.75, 3.05) is 5.32 Å². The Morgan fingerprint density at radius 2 is 1.74 bits per heavy atom. The molecule has 0 radical (unpaired) electrons. The Kier molecular flexibility index (Phi) is 3.20. The smallest absolute Gasteiger partial charge is 0.269 e. The van der Waals surface area contributed by atoms with Crippen LogP contribution in [-0.4, -0.2) is 18.4 Å². The number of anilines is 1. The van der Waals surface area contributed by atoms with Gasteiger partial charge in [0.25, 0.3) is 10.0 Å². The van der Waals surface area contributed by atoms with E-state index < -0.39 is 10.0 Å². The highest BCUT2D eigenvalue weighted by atomic mass is 32.2. The van der Waals surface area contributed by atoms with Gasteiger partial charge in [0.1, 0.15) is 5.82 Å². The van der Waals surface area contributed by atoms with E-state index in [1.54, 1.807) is 12.1 Å². The zero-order valence-corrected chi connectivity index (χ0v) is 13.7. The number of nitrogens with zero attached hydrogens (tertiary/aromatic N) is 1. The van der Waals surface area contributed by atoms with Gasteiger partial charge in [0.15, 0.2) is 0 Å². The van der Waals surface area contributed by atoms with E-state index in [1.165, 1.54) is 3.97 Å². The van der Waals surface area contributed by atoms with Crippen LogP contribution in [0.2, 0.25) is 0 Å². The summed E-state index contributed by atoms with van der Waals surface area (Å²) in [5, 5.41) is 4.27. The van der Waals surface area contributed by atoms with Crippen LogP contribution in [0.25, 0.3) is 10.9 Å². The lowest BCUT2D eigenvalue weighted by Crippen LogP contribution is -2.17. The van der Waals surface area contributed by atoms with Crippen LogP contribution >= 0.6 is 0 Å². The third-order valence-corrected chi connectivity index (χ3v) is 5.90. The Labute approximate surface area is 135 Å². The lowest BCUT2D eigenvalue weighted by molar-refractivity contribution is 0.589. The van der Waals surface area contributed by atoms with Crippen LogP contribution in [0.1, 0.15) is 18.4 Å². The summed E-state index contributed by atoms with van der Waals surface area (Å²) in [7, 11) is -3.63. The number of para-hydroxylation sites is 1. The molecule has 1 aromatic heterocycles. The number of rotatable bonds is 4. The predicted octanol–water partition coefficient (Wildman–Crippen LogP) is 3.76. The molecular weight excluding hydrogens is 308 g/mol. The average molecular weight is 326 g/mol. The second kappa shape index (κ2) is 5.13. The number of nitrogens with one attached hydrogen (secondary N) is 1. The molecule has 1 fully saturated rings. The van der Waals surface area contributed by atoms with Gasteiger partial charge in [-0.2, -0.15) is 0 Å². The van der Waals surface area contributed by atoms with Gasteiger partial charge in [-0.15, -0.1) is 0 Å². The molecule has 5 heteroatoms. The van der Waals surface area contributed by atoms with Gasteiger partial charge in [-0.3, -0.25) is 0 Å². The minimum Gasteiger partial charge on any atom is -0.368 e. The molecule has 0 amide bonds. The number of fused-ring (bicyclic) bond motifs is 1. The third-order valence-electron chi connectivity index (χ3n) is 4.16. The molecule has 4 nitrogen and oxygen atoms in total. The molecule has 23 heavy (non-hydrogen) atoms. The number of hydrogen-bond acceptors (Lipinski definition) is 3. The largest absolute Gasteiger partial charge is 0.368 e. The van der Waals surface area contributed by atoms with E-state index in [9.17, 15) is 8.42 Å². The van der Waals surface area contributed by atoms with Crippen LogP contribution < -0.4 is 5.32 Å². The second-order valence-electron chi connectivity index (χ2n) is 6.09. The van der Waals surface area contributed by atoms with Gasteiger partial charge in [0, 0.05) is 11.4 Å². The zero-order valence-electron chi connectivity index (χ0n) is 12.9. The van der Waals surface area contributed by atoms with Crippen LogP contribution in [-0.2, 0) is 10.0 Å². The molecule has 4 rings (SSSR count). The maximum Gasteiger partial charge on any atom is 0.269 e. The standard InChI is InChI=1S/C18H18N2O2S/c1-13-6-10-16(11-7-13)23(21,22)20-17-5-3-2-4-14(17)12-18(20)19-15-8-9-15/h2-7,10-12,15,19H,8-9H2,1H3. The minimum atomic E-state index is -3.63. The van der Waals surface area contributed by atoms with Crippen molar-refractivity contribution in [3.8, 4) is 0 Å². The monoisotopic (exact) mass is 326 g/mol. The van der Waals surface area contributed by atoms with Crippen molar-refractivity contribution >= 4 is 26.7 Å². The fraction of sp³-hybridized carbons (Fsp3) is 0.222. The summed E-state index contributed by atoms with van der Waals surface area (Å²) in [4.78, 5) is 0.309. The highest BCUT2D eigenvalue weighted by Gasteiger charge is 2.27. The first-order valence-electron chi connectivity index (χ1n) is 7.75. The summed E-state index contributed by atoms with van der Waals surface area (Å²) in [6, 6.07) is 16.9. The average Bonchev–Trinajstić information content (AvgIpc) is 3.25. The number of benzene rings is 2. The molecule has 0 unspecified atom stereocenters. The fourth-order valence-corrected chi connectivity index (χ4v) is 4.22. The van der Waals surface area contributed by atoms with Crippen LogP contribution in [0.5, 0.6) is 0 Å². The molecule has 0 atom stereocenters. The van der Waals surface area contributed by atoms with Crippen LogP contribution in [0.15, 0.2) is 59.5 Å². The molecule has 2 aromatic carbocycles. The maximum atomic E-state index is 13.2. The Bertz CT molecular complexity index is 968. The quantitative estimate of drug-likeness (QED) is 0.794. The Morgan fingerprint density at radius 1 is 1.04 bits per heavy atom. The fourth-order valence-electron chi connectivity index (χ4n) is 2.74. The number of aryl methyl sites for hydroxylation is 1. The van der Waals surface area contributed by atoms with Gasteiger partial charge in [-0.1, -0.05) is 35.9 Å². The zero-order chi connectivity index (χ0) is 16.0. The summed E-state index contributed by atoms with van der Waals surface area (Å²) >= 11 is 0. The molecule has 118 valence electrons. The van der Waals surface area contributed by atoms with Crippen molar-refractivity contribution < 1.29 is 8.42 Å². The van der Waals surface area contributed by atoms with Gasteiger partial charge in [-0.25, -0.2) is 12.4 Å². The normalized spacial score (nSPS) is 15.0. The summed E-state index contributed by atoms with van der Waals surface area (Å²) < 4.78 is 27.8. The van der Waals surface area contributed by atoms with Crippen molar-refractivity contribution in [1.82, 2.24) is 3.97 Å². The van der Waals surface area contributed by atoms with E-state index in [1.807, 2.05) is 49.4 Å². The van der Waals surface area contributed by atoms with Crippen LogP contribution in [0, 0.1) is 6.92 Å². The van der Waals surface area contributed by atoms with Crippen molar-refractivity contribution in [2.24, 2.45) is 0 Å². The highest BCUT2D eigenvalue weighted by Crippen LogP contribution is 2.32. The van der Waals surface area contributed by atoms with E-state index in [4.69, 9.17) is 0 Å². The Morgan fingerprint density at radius 3 is 2.43 bits per heavy atom. The summed E-state index contributed by atoms with van der Waals surface area (Å²) in [5.74, 6) is 0.647. The van der Waals surface area contributed by atoms with Gasteiger partial charge < -0.3 is 5.32 Å². The molecule has 0 aliphatic heterocycles. The lowest BCUT2D eigenvalue weighted by atomic mass is 10.2. The summed E-state index contributed by atoms with van der Waals surface area (Å²) in [5.41, 5.74) is 1.74. The molecule has 1 N–H and O–H groups in total. The Hall–Kier alpha value is -2.27. The highest BCUT2D eigenvalue weighted by molar-refractivity contribution is 7.90. The van der Waals surface area contributed by atoms with E-state index in [0.29, 0.717) is 22.3 Å². The topological polar surface area (TPSA) is 51.1 Å². The first kappa shape index (κ1) is 14.3. The van der Waals surface area contributed by atoms with Gasteiger partial charge >= 0.3 is 0 Å². The minimum absolute atomic E-state index is 0.309. The van der Waals surface area contributed by atoms with Crippen molar-refractivity contribution in [3.05, 3.63) is 60.2 Å². The first-order chi connectivity index (χ1) is 11.1.